The number of nitrogens with zero attached hydrogens (tertiary/aromatic N) is 4. The van der Waals surface area contributed by atoms with Crippen molar-refractivity contribution in [2.45, 2.75) is 26.0 Å². The number of benzene rings is 1. The lowest BCUT2D eigenvalue weighted by molar-refractivity contribution is 0.256. The van der Waals surface area contributed by atoms with Crippen molar-refractivity contribution >= 4 is 22.6 Å². The van der Waals surface area contributed by atoms with Crippen LogP contribution in [0.2, 0.25) is 0 Å². The molecular formula is C15H18N4OS. The van der Waals surface area contributed by atoms with Gasteiger partial charge in [-0.3, -0.25) is 4.57 Å². The van der Waals surface area contributed by atoms with Gasteiger partial charge in [0, 0.05) is 5.75 Å². The van der Waals surface area contributed by atoms with Crippen LogP contribution in [0.4, 0.5) is 5.69 Å². The number of hydrogen-bond acceptors (Lipinski definition) is 5. The second kappa shape index (κ2) is 6.30. The van der Waals surface area contributed by atoms with Crippen LogP contribution in [-0.4, -0.2) is 26.5 Å². The van der Waals surface area contributed by atoms with Gasteiger partial charge in [0.2, 0.25) is 0 Å². The molecule has 0 saturated heterocycles. The van der Waals surface area contributed by atoms with Crippen LogP contribution >= 0.6 is 11.8 Å². The minimum atomic E-state index is 0.578. The lowest BCUT2D eigenvalue weighted by Crippen LogP contribution is -2.10. The SMILES string of the molecule is CCC(C)COc1ccc2c(c1)CSC(n1cnnc1)=N2. The number of ether oxygens (including phenoxy) is 1. The average molecular weight is 302 g/mol. The molecular weight excluding hydrogens is 284 g/mol. The van der Waals surface area contributed by atoms with Crippen molar-refractivity contribution in [3.63, 3.8) is 0 Å². The van der Waals surface area contributed by atoms with Gasteiger partial charge < -0.3 is 4.74 Å². The number of fused-ring (bicyclic) bond motifs is 1. The highest BCUT2D eigenvalue weighted by Crippen LogP contribution is 2.34. The summed E-state index contributed by atoms with van der Waals surface area (Å²) >= 11 is 1.68. The van der Waals surface area contributed by atoms with Gasteiger partial charge in [-0.1, -0.05) is 32.0 Å². The third-order valence-electron chi connectivity index (χ3n) is 3.49. The molecule has 0 fully saturated rings. The molecule has 0 amide bonds. The molecule has 1 aliphatic rings. The summed E-state index contributed by atoms with van der Waals surface area (Å²) < 4.78 is 7.68. The predicted octanol–water partition coefficient (Wildman–Crippen LogP) is 3.49. The third kappa shape index (κ3) is 3.26. The summed E-state index contributed by atoms with van der Waals surface area (Å²) in [5.74, 6) is 2.39. The van der Waals surface area contributed by atoms with E-state index in [4.69, 9.17) is 4.74 Å². The van der Waals surface area contributed by atoms with Gasteiger partial charge in [-0.25, -0.2) is 4.99 Å². The van der Waals surface area contributed by atoms with Gasteiger partial charge in [-0.15, -0.1) is 10.2 Å². The number of rotatable bonds is 4. The fraction of sp³-hybridized carbons (Fsp3) is 0.400. The zero-order chi connectivity index (χ0) is 14.7. The summed E-state index contributed by atoms with van der Waals surface area (Å²) in [7, 11) is 0. The first kappa shape index (κ1) is 14.1. The first-order chi connectivity index (χ1) is 10.3. The maximum Gasteiger partial charge on any atom is 0.175 e. The molecule has 21 heavy (non-hydrogen) atoms. The molecule has 110 valence electrons. The smallest absolute Gasteiger partial charge is 0.175 e. The highest BCUT2D eigenvalue weighted by molar-refractivity contribution is 8.13. The standard InChI is InChI=1S/C15H18N4OS/c1-3-11(2)7-20-13-4-5-14-12(6-13)8-21-15(18-14)19-9-16-17-10-19/h4-6,9-11H,3,7-8H2,1-2H3. The van der Waals surface area contributed by atoms with Gasteiger partial charge in [0.15, 0.2) is 5.17 Å². The summed E-state index contributed by atoms with van der Waals surface area (Å²) in [6.45, 7) is 5.14. The molecule has 6 heteroatoms. The molecule has 0 N–H and O–H groups in total. The van der Waals surface area contributed by atoms with Crippen LogP contribution in [0.1, 0.15) is 25.8 Å². The van der Waals surface area contributed by atoms with E-state index in [-0.39, 0.29) is 0 Å². The van der Waals surface area contributed by atoms with E-state index in [1.807, 2.05) is 16.7 Å². The Morgan fingerprint density at radius 2 is 2.14 bits per heavy atom. The monoisotopic (exact) mass is 302 g/mol. The largest absolute Gasteiger partial charge is 0.493 e. The second-order valence-electron chi connectivity index (χ2n) is 5.17. The Hall–Kier alpha value is -1.82. The topological polar surface area (TPSA) is 52.3 Å². The maximum absolute atomic E-state index is 5.84. The Kier molecular flexibility index (Phi) is 4.24. The van der Waals surface area contributed by atoms with Crippen LogP contribution in [0, 0.1) is 5.92 Å². The molecule has 0 radical (unpaired) electrons. The van der Waals surface area contributed by atoms with E-state index in [9.17, 15) is 0 Å². The minimum Gasteiger partial charge on any atom is -0.493 e. The van der Waals surface area contributed by atoms with Crippen molar-refractivity contribution in [3.05, 3.63) is 36.4 Å². The minimum absolute atomic E-state index is 0.578. The van der Waals surface area contributed by atoms with Crippen molar-refractivity contribution in [2.24, 2.45) is 10.9 Å². The van der Waals surface area contributed by atoms with Gasteiger partial charge in [-0.2, -0.15) is 0 Å². The molecule has 1 unspecified atom stereocenters. The van der Waals surface area contributed by atoms with E-state index in [0.717, 1.165) is 35.4 Å². The number of hydrogen-bond donors (Lipinski definition) is 0. The molecule has 0 aliphatic carbocycles. The predicted molar refractivity (Wildman–Crippen MR) is 85.2 cm³/mol. The average Bonchev–Trinajstić information content (AvgIpc) is 3.06. The van der Waals surface area contributed by atoms with Crippen LogP contribution in [0.15, 0.2) is 35.8 Å². The maximum atomic E-state index is 5.84. The lowest BCUT2D eigenvalue weighted by Gasteiger charge is -2.17. The molecule has 2 aromatic rings. The Morgan fingerprint density at radius 3 is 2.90 bits per heavy atom. The molecule has 0 spiro atoms. The van der Waals surface area contributed by atoms with Gasteiger partial charge in [0.05, 0.1) is 12.3 Å². The number of aromatic nitrogens is 3. The molecule has 2 heterocycles. The summed E-state index contributed by atoms with van der Waals surface area (Å²) in [5, 5.41) is 8.53. The van der Waals surface area contributed by atoms with Crippen molar-refractivity contribution < 1.29 is 4.74 Å². The number of aliphatic imine (C=N–C) groups is 1. The van der Waals surface area contributed by atoms with E-state index in [1.165, 1.54) is 5.56 Å². The van der Waals surface area contributed by atoms with Crippen LogP contribution in [0.25, 0.3) is 0 Å². The highest BCUT2D eigenvalue weighted by Gasteiger charge is 2.15. The van der Waals surface area contributed by atoms with Crippen LogP contribution in [-0.2, 0) is 5.75 Å². The summed E-state index contributed by atoms with van der Waals surface area (Å²) in [6, 6.07) is 6.10. The summed E-state index contributed by atoms with van der Waals surface area (Å²) in [4.78, 5) is 4.65. The molecule has 0 bridgehead atoms. The summed E-state index contributed by atoms with van der Waals surface area (Å²) in [6.07, 6.45) is 4.47. The van der Waals surface area contributed by atoms with Gasteiger partial charge in [0.25, 0.3) is 0 Å². The molecule has 1 aromatic carbocycles. The normalized spacial score (nSPS) is 15.2. The molecule has 3 rings (SSSR count). The Balaban J connectivity index is 1.76. The van der Waals surface area contributed by atoms with Crippen molar-refractivity contribution in [2.75, 3.05) is 6.61 Å². The Bertz CT molecular complexity index is 639. The molecule has 1 aromatic heterocycles. The molecule has 1 atom stereocenters. The second-order valence-corrected chi connectivity index (χ2v) is 6.11. The van der Waals surface area contributed by atoms with Crippen LogP contribution < -0.4 is 4.74 Å². The van der Waals surface area contributed by atoms with E-state index in [0.29, 0.717) is 5.92 Å². The quantitative estimate of drug-likeness (QED) is 0.867. The lowest BCUT2D eigenvalue weighted by atomic mass is 10.1. The van der Waals surface area contributed by atoms with Crippen LogP contribution in [0.5, 0.6) is 5.75 Å². The zero-order valence-corrected chi connectivity index (χ0v) is 13.0. The highest BCUT2D eigenvalue weighted by atomic mass is 32.2. The van der Waals surface area contributed by atoms with Crippen molar-refractivity contribution in [1.29, 1.82) is 0 Å². The van der Waals surface area contributed by atoms with E-state index in [2.05, 4.69) is 35.1 Å². The number of thioether (sulfide) groups is 1. The van der Waals surface area contributed by atoms with Crippen molar-refractivity contribution in [1.82, 2.24) is 14.8 Å². The molecule has 1 aliphatic heterocycles. The third-order valence-corrected chi connectivity index (χ3v) is 4.51. The van der Waals surface area contributed by atoms with Gasteiger partial charge in [-0.05, 0) is 29.7 Å². The van der Waals surface area contributed by atoms with Crippen molar-refractivity contribution in [3.8, 4) is 5.75 Å². The van der Waals surface area contributed by atoms with E-state index >= 15 is 0 Å². The fourth-order valence-electron chi connectivity index (χ4n) is 1.94. The molecule has 0 saturated carbocycles. The van der Waals surface area contributed by atoms with Crippen LogP contribution in [0.3, 0.4) is 0 Å². The Labute approximate surface area is 128 Å². The first-order valence-corrected chi connectivity index (χ1v) is 8.07. The van der Waals surface area contributed by atoms with E-state index < -0.39 is 0 Å². The summed E-state index contributed by atoms with van der Waals surface area (Å²) in [5.41, 5.74) is 2.20. The first-order valence-electron chi connectivity index (χ1n) is 7.08. The Morgan fingerprint density at radius 1 is 1.33 bits per heavy atom. The van der Waals surface area contributed by atoms with Gasteiger partial charge >= 0.3 is 0 Å². The fourth-order valence-corrected chi connectivity index (χ4v) is 2.86. The van der Waals surface area contributed by atoms with Gasteiger partial charge in [0.1, 0.15) is 18.4 Å². The zero-order valence-electron chi connectivity index (χ0n) is 12.2. The molecule has 5 nitrogen and oxygen atoms in total. The van der Waals surface area contributed by atoms with E-state index in [1.54, 1.807) is 24.4 Å².